The third-order valence-corrected chi connectivity index (χ3v) is 0.817. The van der Waals surface area contributed by atoms with E-state index >= 15 is 0 Å². The molecule has 0 saturated heterocycles. The van der Waals surface area contributed by atoms with Gasteiger partial charge in [-0.05, 0) is 0 Å². The SMILES string of the molecule is CC(=O)/C(N)=C(/N)C=O. The van der Waals surface area contributed by atoms with Crippen LogP contribution in [0.5, 0.6) is 0 Å². The van der Waals surface area contributed by atoms with Gasteiger partial charge in [0, 0.05) is 6.92 Å². The van der Waals surface area contributed by atoms with Crippen molar-refractivity contribution in [2.45, 2.75) is 6.92 Å². The van der Waals surface area contributed by atoms with Gasteiger partial charge in [0.05, 0.1) is 5.70 Å². The molecule has 0 fully saturated rings. The first kappa shape index (κ1) is 7.68. The summed E-state index contributed by atoms with van der Waals surface area (Å²) in [5, 5.41) is 0. The summed E-state index contributed by atoms with van der Waals surface area (Å²) in [6.07, 6.45) is 0.344. The van der Waals surface area contributed by atoms with Crippen LogP contribution in [-0.2, 0) is 9.59 Å². The van der Waals surface area contributed by atoms with E-state index < -0.39 is 0 Å². The van der Waals surface area contributed by atoms with Gasteiger partial charge in [0.2, 0.25) is 0 Å². The van der Waals surface area contributed by atoms with Crippen LogP contribution in [-0.4, -0.2) is 12.1 Å². The van der Waals surface area contributed by atoms with Gasteiger partial charge < -0.3 is 11.5 Å². The molecule has 0 bridgehead atoms. The van der Waals surface area contributed by atoms with Gasteiger partial charge in [-0.15, -0.1) is 0 Å². The summed E-state index contributed by atoms with van der Waals surface area (Å²) in [6, 6.07) is 0. The highest BCUT2D eigenvalue weighted by molar-refractivity contribution is 5.97. The maximum absolute atomic E-state index is 10.3. The number of allylic oxidation sites excluding steroid dienone is 2. The molecule has 0 aromatic rings. The van der Waals surface area contributed by atoms with Gasteiger partial charge in [0.15, 0.2) is 12.1 Å². The first-order valence-corrected chi connectivity index (χ1v) is 2.31. The molecule has 0 heterocycles. The molecule has 0 saturated carbocycles. The summed E-state index contributed by atoms with van der Waals surface area (Å²) in [4.78, 5) is 20.2. The molecule has 0 rings (SSSR count). The zero-order chi connectivity index (χ0) is 7.44. The summed E-state index contributed by atoms with van der Waals surface area (Å²) in [5.74, 6) is -0.389. The van der Waals surface area contributed by atoms with Crippen molar-refractivity contribution in [3.05, 3.63) is 11.4 Å². The van der Waals surface area contributed by atoms with Crippen LogP contribution in [0.4, 0.5) is 0 Å². The molecule has 0 amide bonds. The van der Waals surface area contributed by atoms with Crippen molar-refractivity contribution in [1.82, 2.24) is 0 Å². The van der Waals surface area contributed by atoms with E-state index in [-0.39, 0.29) is 17.2 Å². The number of aldehydes is 1. The van der Waals surface area contributed by atoms with Crippen molar-refractivity contribution < 1.29 is 9.59 Å². The smallest absolute Gasteiger partial charge is 0.177 e. The van der Waals surface area contributed by atoms with Crippen molar-refractivity contribution in [2.75, 3.05) is 0 Å². The number of ketones is 1. The Kier molecular flexibility index (Phi) is 2.44. The summed E-state index contributed by atoms with van der Waals surface area (Å²) in [6.45, 7) is 1.24. The van der Waals surface area contributed by atoms with Crippen LogP contribution in [0.15, 0.2) is 11.4 Å². The van der Waals surface area contributed by atoms with Crippen LogP contribution in [0.2, 0.25) is 0 Å². The van der Waals surface area contributed by atoms with E-state index in [0.717, 1.165) is 0 Å². The molecule has 0 aromatic heterocycles. The second kappa shape index (κ2) is 2.86. The molecular formula is C5H8N2O2. The number of hydrogen-bond acceptors (Lipinski definition) is 4. The zero-order valence-electron chi connectivity index (χ0n) is 5.05. The van der Waals surface area contributed by atoms with Crippen LogP contribution in [0.1, 0.15) is 6.92 Å². The average molecular weight is 128 g/mol. The minimum Gasteiger partial charge on any atom is -0.394 e. The molecule has 0 unspecified atom stereocenters. The molecule has 0 atom stereocenters. The number of carbonyl (C=O) groups is 2. The van der Waals surface area contributed by atoms with Gasteiger partial charge in [-0.1, -0.05) is 0 Å². The van der Waals surface area contributed by atoms with Crippen LogP contribution >= 0.6 is 0 Å². The highest BCUT2D eigenvalue weighted by atomic mass is 16.1. The van der Waals surface area contributed by atoms with Gasteiger partial charge in [-0.25, -0.2) is 0 Å². The average Bonchev–Trinajstić information content (AvgIpc) is 1.84. The first-order valence-electron chi connectivity index (χ1n) is 2.31. The Labute approximate surface area is 52.5 Å². The van der Waals surface area contributed by atoms with Gasteiger partial charge in [-0.3, -0.25) is 9.59 Å². The van der Waals surface area contributed by atoms with Crippen LogP contribution in [0.25, 0.3) is 0 Å². The van der Waals surface area contributed by atoms with E-state index in [1.54, 1.807) is 0 Å². The minimum absolute atomic E-state index is 0.176. The molecule has 9 heavy (non-hydrogen) atoms. The quantitative estimate of drug-likeness (QED) is 0.365. The fraction of sp³-hybridized carbons (Fsp3) is 0.200. The molecule has 0 aliphatic heterocycles. The second-order valence-corrected chi connectivity index (χ2v) is 1.54. The lowest BCUT2D eigenvalue weighted by Crippen LogP contribution is -2.16. The van der Waals surface area contributed by atoms with Gasteiger partial charge >= 0.3 is 0 Å². The lowest BCUT2D eigenvalue weighted by atomic mass is 10.3. The number of hydrogen-bond donors (Lipinski definition) is 2. The summed E-state index contributed by atoms with van der Waals surface area (Å²) >= 11 is 0. The molecule has 50 valence electrons. The largest absolute Gasteiger partial charge is 0.394 e. The van der Waals surface area contributed by atoms with E-state index in [0.29, 0.717) is 6.29 Å². The van der Waals surface area contributed by atoms with E-state index in [2.05, 4.69) is 0 Å². The normalized spacial score (nSPS) is 12.1. The Balaban J connectivity index is 4.47. The molecule has 0 aromatic carbocycles. The molecule has 0 radical (unpaired) electrons. The summed E-state index contributed by atoms with van der Waals surface area (Å²) in [7, 11) is 0. The van der Waals surface area contributed by atoms with Crippen molar-refractivity contribution in [3.63, 3.8) is 0 Å². The Morgan fingerprint density at radius 2 is 1.89 bits per heavy atom. The van der Waals surface area contributed by atoms with Crippen LogP contribution < -0.4 is 11.5 Å². The standard InChI is InChI=1S/C5H8N2O2/c1-3(9)5(7)4(6)2-8/h2H,6-7H2,1H3/b5-4-. The fourth-order valence-electron chi connectivity index (χ4n) is 0.267. The lowest BCUT2D eigenvalue weighted by Gasteiger charge is -1.93. The zero-order valence-corrected chi connectivity index (χ0v) is 5.05. The summed E-state index contributed by atoms with van der Waals surface area (Å²) in [5.41, 5.74) is 9.65. The molecule has 0 aliphatic rings. The molecule has 4 N–H and O–H groups in total. The van der Waals surface area contributed by atoms with E-state index in [1.807, 2.05) is 0 Å². The predicted molar refractivity (Wildman–Crippen MR) is 32.1 cm³/mol. The number of carbonyl (C=O) groups excluding carboxylic acids is 2. The molecule has 4 heteroatoms. The van der Waals surface area contributed by atoms with Crippen LogP contribution in [0.3, 0.4) is 0 Å². The number of nitrogens with two attached hydrogens (primary N) is 2. The van der Waals surface area contributed by atoms with Gasteiger partial charge in [-0.2, -0.15) is 0 Å². The maximum atomic E-state index is 10.3. The maximum Gasteiger partial charge on any atom is 0.177 e. The van der Waals surface area contributed by atoms with Crippen molar-refractivity contribution in [3.8, 4) is 0 Å². The fourth-order valence-corrected chi connectivity index (χ4v) is 0.267. The van der Waals surface area contributed by atoms with Crippen molar-refractivity contribution in [1.29, 1.82) is 0 Å². The monoisotopic (exact) mass is 128 g/mol. The Bertz CT molecular complexity index is 172. The third-order valence-electron chi connectivity index (χ3n) is 0.817. The first-order chi connectivity index (χ1) is 4.09. The van der Waals surface area contributed by atoms with E-state index in [1.165, 1.54) is 6.92 Å². The van der Waals surface area contributed by atoms with E-state index in [4.69, 9.17) is 11.5 Å². The topological polar surface area (TPSA) is 86.2 Å². The van der Waals surface area contributed by atoms with Crippen molar-refractivity contribution >= 4 is 12.1 Å². The number of rotatable bonds is 2. The van der Waals surface area contributed by atoms with Gasteiger partial charge in [0.1, 0.15) is 5.70 Å². The Hall–Kier alpha value is -1.32. The van der Waals surface area contributed by atoms with Crippen LogP contribution in [0, 0.1) is 0 Å². The second-order valence-electron chi connectivity index (χ2n) is 1.54. The Morgan fingerprint density at radius 1 is 1.44 bits per heavy atom. The minimum atomic E-state index is -0.389. The summed E-state index contributed by atoms with van der Waals surface area (Å²) < 4.78 is 0. The van der Waals surface area contributed by atoms with Gasteiger partial charge in [0.25, 0.3) is 0 Å². The third kappa shape index (κ3) is 1.94. The lowest BCUT2D eigenvalue weighted by molar-refractivity contribution is -0.114. The molecular weight excluding hydrogens is 120 g/mol. The highest BCUT2D eigenvalue weighted by Crippen LogP contribution is 1.87. The van der Waals surface area contributed by atoms with E-state index in [9.17, 15) is 9.59 Å². The molecule has 0 aliphatic carbocycles. The molecule has 4 nitrogen and oxygen atoms in total. The van der Waals surface area contributed by atoms with Crippen molar-refractivity contribution in [2.24, 2.45) is 11.5 Å². The Morgan fingerprint density at radius 3 is 2.00 bits per heavy atom. The predicted octanol–water partition coefficient (Wildman–Crippen LogP) is -1.10. The number of Topliss-reactive ketones (excluding diaryl/α,β-unsaturated/α-hetero) is 1. The molecule has 0 spiro atoms. The highest BCUT2D eigenvalue weighted by Gasteiger charge is 2.00.